The summed E-state index contributed by atoms with van der Waals surface area (Å²) in [6.07, 6.45) is 2.39. The van der Waals surface area contributed by atoms with Crippen molar-refractivity contribution in [1.29, 1.82) is 0 Å². The number of anilines is 1. The van der Waals surface area contributed by atoms with Gasteiger partial charge in [-0.25, -0.2) is 8.42 Å². The van der Waals surface area contributed by atoms with Crippen molar-refractivity contribution in [1.82, 2.24) is 0 Å². The minimum atomic E-state index is -5.28. The Labute approximate surface area is 110 Å². The van der Waals surface area contributed by atoms with Crippen molar-refractivity contribution < 1.29 is 21.6 Å². The molecular weight excluding hydrogens is 279 g/mol. The monoisotopic (exact) mass is 293 g/mol. The van der Waals surface area contributed by atoms with E-state index in [9.17, 15) is 21.6 Å². The third kappa shape index (κ3) is 3.73. The Morgan fingerprint density at radius 2 is 1.84 bits per heavy atom. The van der Waals surface area contributed by atoms with Crippen LogP contribution in [0.4, 0.5) is 18.9 Å². The van der Waals surface area contributed by atoms with E-state index < -0.39 is 20.2 Å². The molecule has 1 aromatic rings. The zero-order valence-corrected chi connectivity index (χ0v) is 11.1. The molecule has 0 bridgehead atoms. The molecule has 0 aliphatic rings. The fourth-order valence-corrected chi connectivity index (χ4v) is 2.22. The maximum atomic E-state index is 12.3. The Morgan fingerprint density at radius 3 is 2.26 bits per heavy atom. The number of hydrogen-bond donors (Lipinski definition) is 1. The van der Waals surface area contributed by atoms with Crippen LogP contribution >= 0.6 is 0 Å². The van der Waals surface area contributed by atoms with E-state index in [-0.39, 0.29) is 6.04 Å². The number of rotatable bonds is 5. The van der Waals surface area contributed by atoms with Gasteiger partial charge in [0.2, 0.25) is 0 Å². The van der Waals surface area contributed by atoms with Crippen LogP contribution in [-0.4, -0.2) is 20.0 Å². The van der Waals surface area contributed by atoms with Crippen LogP contribution in [0.25, 0.3) is 0 Å². The van der Waals surface area contributed by atoms with Crippen molar-refractivity contribution in [3.8, 4) is 0 Å². The highest BCUT2D eigenvalue weighted by Gasteiger charge is 2.46. The number of halogens is 3. The van der Waals surface area contributed by atoms with E-state index in [1.54, 1.807) is 6.08 Å². The van der Waals surface area contributed by atoms with E-state index in [4.69, 9.17) is 0 Å². The number of nitrogens with one attached hydrogen (secondary N) is 1. The van der Waals surface area contributed by atoms with Gasteiger partial charge in [-0.3, -0.25) is 0 Å². The molecule has 0 saturated carbocycles. The summed E-state index contributed by atoms with van der Waals surface area (Å²) in [4.78, 5) is -0.762. The van der Waals surface area contributed by atoms with Crippen LogP contribution in [0.2, 0.25) is 0 Å². The fourth-order valence-electron chi connectivity index (χ4n) is 1.46. The van der Waals surface area contributed by atoms with E-state index in [0.717, 1.165) is 12.1 Å². The van der Waals surface area contributed by atoms with Crippen LogP contribution in [0.5, 0.6) is 0 Å². The minimum Gasteiger partial charge on any atom is -0.382 e. The molecule has 3 nitrogen and oxygen atoms in total. The topological polar surface area (TPSA) is 46.2 Å². The van der Waals surface area contributed by atoms with Gasteiger partial charge in [-0.2, -0.15) is 13.2 Å². The third-order valence-corrected chi connectivity index (χ3v) is 3.90. The first-order valence-corrected chi connectivity index (χ1v) is 6.95. The highest BCUT2D eigenvalue weighted by molar-refractivity contribution is 7.92. The molecule has 0 fully saturated rings. The average Bonchev–Trinajstić information content (AvgIpc) is 2.28. The second kappa shape index (κ2) is 5.64. The van der Waals surface area contributed by atoms with Gasteiger partial charge in [-0.05, 0) is 37.6 Å². The lowest BCUT2D eigenvalue weighted by Gasteiger charge is -2.14. The van der Waals surface area contributed by atoms with Gasteiger partial charge in [0, 0.05) is 11.7 Å². The molecule has 1 aromatic carbocycles. The smallest absolute Gasteiger partial charge is 0.382 e. The molecule has 1 N–H and O–H groups in total. The molecule has 0 spiro atoms. The molecule has 0 aromatic heterocycles. The molecule has 0 heterocycles. The summed E-state index contributed by atoms with van der Waals surface area (Å²) >= 11 is 0. The van der Waals surface area contributed by atoms with Gasteiger partial charge in [0.05, 0.1) is 4.90 Å². The number of hydrogen-bond acceptors (Lipinski definition) is 3. The quantitative estimate of drug-likeness (QED) is 0.847. The predicted octanol–water partition coefficient (Wildman–Crippen LogP) is 3.36. The molecule has 1 unspecified atom stereocenters. The highest BCUT2D eigenvalue weighted by Crippen LogP contribution is 2.30. The summed E-state index contributed by atoms with van der Waals surface area (Å²) < 4.78 is 59.2. The van der Waals surface area contributed by atoms with Gasteiger partial charge in [0.1, 0.15) is 0 Å². The van der Waals surface area contributed by atoms with Gasteiger partial charge in [-0.15, -0.1) is 6.58 Å². The Hall–Kier alpha value is -1.50. The van der Waals surface area contributed by atoms with Gasteiger partial charge in [0.15, 0.2) is 0 Å². The van der Waals surface area contributed by atoms with Crippen molar-refractivity contribution >= 4 is 15.5 Å². The molecule has 106 valence electrons. The molecule has 1 atom stereocenters. The van der Waals surface area contributed by atoms with E-state index in [1.165, 1.54) is 12.1 Å². The van der Waals surface area contributed by atoms with E-state index in [0.29, 0.717) is 12.1 Å². The third-order valence-electron chi connectivity index (χ3n) is 2.40. The van der Waals surface area contributed by atoms with Crippen LogP contribution in [0.3, 0.4) is 0 Å². The van der Waals surface area contributed by atoms with Crippen LogP contribution in [-0.2, 0) is 9.84 Å². The fraction of sp³-hybridized carbons (Fsp3) is 0.333. The van der Waals surface area contributed by atoms with Crippen molar-refractivity contribution in [3.63, 3.8) is 0 Å². The maximum absolute atomic E-state index is 12.3. The Morgan fingerprint density at radius 1 is 1.32 bits per heavy atom. The van der Waals surface area contributed by atoms with Gasteiger partial charge >= 0.3 is 5.51 Å². The number of benzene rings is 1. The highest BCUT2D eigenvalue weighted by atomic mass is 32.2. The molecule has 0 amide bonds. The Balaban J connectivity index is 2.92. The molecule has 0 saturated heterocycles. The van der Waals surface area contributed by atoms with Crippen LogP contribution in [0.15, 0.2) is 41.8 Å². The first-order valence-electron chi connectivity index (χ1n) is 5.47. The van der Waals surface area contributed by atoms with E-state index in [2.05, 4.69) is 11.9 Å². The first-order chi connectivity index (χ1) is 8.68. The zero-order chi connectivity index (χ0) is 14.7. The summed E-state index contributed by atoms with van der Waals surface area (Å²) in [5.74, 6) is 0. The number of alkyl halides is 3. The van der Waals surface area contributed by atoms with Crippen LogP contribution in [0, 0.1) is 0 Å². The van der Waals surface area contributed by atoms with E-state index in [1.807, 2.05) is 6.92 Å². The Kier molecular flexibility index (Phi) is 4.62. The summed E-state index contributed by atoms with van der Waals surface area (Å²) in [6, 6.07) is 4.54. The SMILES string of the molecule is C=CCC(C)Nc1ccc(S(=O)(=O)C(F)(F)F)cc1. The van der Waals surface area contributed by atoms with Crippen LogP contribution in [0.1, 0.15) is 13.3 Å². The van der Waals surface area contributed by atoms with Crippen molar-refractivity contribution in [3.05, 3.63) is 36.9 Å². The molecule has 0 radical (unpaired) electrons. The van der Waals surface area contributed by atoms with Gasteiger partial charge in [-0.1, -0.05) is 6.08 Å². The normalized spacial score (nSPS) is 13.9. The van der Waals surface area contributed by atoms with Crippen molar-refractivity contribution in [2.45, 2.75) is 29.8 Å². The van der Waals surface area contributed by atoms with Crippen molar-refractivity contribution in [2.75, 3.05) is 5.32 Å². The zero-order valence-electron chi connectivity index (χ0n) is 10.2. The lowest BCUT2D eigenvalue weighted by molar-refractivity contribution is -0.0436. The first kappa shape index (κ1) is 15.6. The molecule has 0 aliphatic heterocycles. The Bertz CT molecular complexity index is 535. The largest absolute Gasteiger partial charge is 0.501 e. The second-order valence-electron chi connectivity index (χ2n) is 4.04. The molecule has 0 aliphatic carbocycles. The van der Waals surface area contributed by atoms with Crippen LogP contribution < -0.4 is 5.32 Å². The van der Waals surface area contributed by atoms with E-state index >= 15 is 0 Å². The molecule has 1 rings (SSSR count). The summed E-state index contributed by atoms with van der Waals surface area (Å²) in [6.45, 7) is 5.45. The lowest BCUT2D eigenvalue weighted by Crippen LogP contribution is -2.23. The molecular formula is C12H14F3NO2S. The summed E-state index contributed by atoms with van der Waals surface area (Å²) in [7, 11) is -5.28. The lowest BCUT2D eigenvalue weighted by atomic mass is 10.2. The summed E-state index contributed by atoms with van der Waals surface area (Å²) in [5, 5.41) is 3.01. The summed E-state index contributed by atoms with van der Waals surface area (Å²) in [5.41, 5.74) is -4.73. The molecule has 19 heavy (non-hydrogen) atoms. The average molecular weight is 293 g/mol. The molecule has 7 heteroatoms. The second-order valence-corrected chi connectivity index (χ2v) is 5.98. The van der Waals surface area contributed by atoms with Crippen molar-refractivity contribution in [2.24, 2.45) is 0 Å². The van der Waals surface area contributed by atoms with Gasteiger partial charge in [0.25, 0.3) is 9.84 Å². The maximum Gasteiger partial charge on any atom is 0.501 e. The standard InChI is InChI=1S/C12H14F3NO2S/c1-3-4-9(2)16-10-5-7-11(8-6-10)19(17,18)12(13,14)15/h3,5-9,16H,1,4H2,2H3. The number of sulfone groups is 1. The van der Waals surface area contributed by atoms with Gasteiger partial charge < -0.3 is 5.32 Å². The predicted molar refractivity (Wildman–Crippen MR) is 67.6 cm³/mol. The minimum absolute atomic E-state index is 0.0579.